The molecule has 0 spiro atoms. The minimum Gasteiger partial charge on any atom is -0.311 e. The van der Waals surface area contributed by atoms with E-state index in [0.29, 0.717) is 5.57 Å². The van der Waals surface area contributed by atoms with Crippen molar-refractivity contribution in [2.45, 2.75) is 0 Å². The molecule has 0 bridgehead atoms. The topological polar surface area (TPSA) is 20.3 Å². The fourth-order valence-corrected chi connectivity index (χ4v) is 2.92. The van der Waals surface area contributed by atoms with Crippen molar-refractivity contribution in [1.29, 1.82) is 0 Å². The number of halogens is 1. The van der Waals surface area contributed by atoms with Gasteiger partial charge in [0.25, 0.3) is 5.91 Å². The van der Waals surface area contributed by atoms with E-state index < -0.39 is 0 Å². The van der Waals surface area contributed by atoms with Crippen molar-refractivity contribution in [2.75, 3.05) is 11.9 Å². The zero-order valence-corrected chi connectivity index (χ0v) is 13.2. The van der Waals surface area contributed by atoms with Crippen molar-refractivity contribution in [1.82, 2.24) is 0 Å². The molecule has 2 nitrogen and oxygen atoms in total. The molecule has 3 heteroatoms. The average Bonchev–Trinajstić information content (AvgIpc) is 2.74. The zero-order valence-electron chi connectivity index (χ0n) is 11.6. The summed E-state index contributed by atoms with van der Waals surface area (Å²) in [5.74, 6) is 0.0228. The van der Waals surface area contributed by atoms with Crippen molar-refractivity contribution < 1.29 is 4.79 Å². The predicted molar refractivity (Wildman–Crippen MR) is 91.2 cm³/mol. The Bertz CT molecular complexity index is 747. The summed E-state index contributed by atoms with van der Waals surface area (Å²) in [6.07, 6.45) is 3.89. The molecular weight excluding hydrogens is 326 g/mol. The number of hydrogen-bond donors (Lipinski definition) is 0. The number of nitrogens with zero attached hydrogens (tertiary/aromatic N) is 1. The van der Waals surface area contributed by atoms with Gasteiger partial charge in [-0.25, -0.2) is 0 Å². The molecule has 1 amide bonds. The Balaban J connectivity index is 2.00. The van der Waals surface area contributed by atoms with E-state index in [0.717, 1.165) is 21.3 Å². The normalized spacial score (nSPS) is 16.5. The Labute approximate surface area is 132 Å². The maximum absolute atomic E-state index is 12.4. The molecule has 0 aromatic heterocycles. The molecule has 0 radical (unpaired) electrons. The lowest BCUT2D eigenvalue weighted by Crippen LogP contribution is -2.20. The van der Waals surface area contributed by atoms with Crippen LogP contribution in [0.2, 0.25) is 0 Å². The molecule has 0 saturated heterocycles. The molecule has 1 aliphatic heterocycles. The number of amides is 1. The van der Waals surface area contributed by atoms with E-state index in [1.165, 1.54) is 0 Å². The summed E-state index contributed by atoms with van der Waals surface area (Å²) in [5.41, 5.74) is 3.73. The van der Waals surface area contributed by atoms with Gasteiger partial charge in [-0.3, -0.25) is 4.79 Å². The third-order valence-corrected chi connectivity index (χ3v) is 3.93. The summed E-state index contributed by atoms with van der Waals surface area (Å²) in [5, 5.41) is 0. The maximum Gasteiger partial charge on any atom is 0.258 e. The number of rotatable bonds is 2. The van der Waals surface area contributed by atoms with E-state index in [2.05, 4.69) is 15.9 Å². The minimum atomic E-state index is 0.0228. The van der Waals surface area contributed by atoms with Crippen LogP contribution >= 0.6 is 15.9 Å². The van der Waals surface area contributed by atoms with E-state index in [-0.39, 0.29) is 5.91 Å². The molecule has 1 heterocycles. The van der Waals surface area contributed by atoms with Gasteiger partial charge in [0.2, 0.25) is 0 Å². The summed E-state index contributed by atoms with van der Waals surface area (Å²) >= 11 is 3.54. The number of likely N-dealkylation sites (N-methyl/N-ethyl adjacent to an activating group) is 1. The van der Waals surface area contributed by atoms with E-state index in [1.807, 2.05) is 66.7 Å². The lowest BCUT2D eigenvalue weighted by Gasteiger charge is -2.07. The number of carbonyl (C=O) groups is 1. The number of hydrogen-bond acceptors (Lipinski definition) is 1. The van der Waals surface area contributed by atoms with E-state index in [1.54, 1.807) is 11.9 Å². The van der Waals surface area contributed by atoms with Crippen molar-refractivity contribution >= 4 is 39.2 Å². The SMILES string of the molecule is CN1C(=O)C(=C/C(Br)=C/c2ccccc2)c2ccccc21. The first kappa shape index (κ1) is 13.8. The van der Waals surface area contributed by atoms with Crippen LogP contribution in [0, 0.1) is 0 Å². The Morgan fingerprint density at radius 3 is 2.48 bits per heavy atom. The van der Waals surface area contributed by atoms with Gasteiger partial charge in [-0.1, -0.05) is 64.5 Å². The molecule has 104 valence electrons. The van der Waals surface area contributed by atoms with Gasteiger partial charge in [0.15, 0.2) is 0 Å². The van der Waals surface area contributed by atoms with Crippen molar-refractivity contribution in [3.63, 3.8) is 0 Å². The van der Waals surface area contributed by atoms with E-state index >= 15 is 0 Å². The van der Waals surface area contributed by atoms with Crippen molar-refractivity contribution in [3.8, 4) is 0 Å². The summed E-state index contributed by atoms with van der Waals surface area (Å²) in [4.78, 5) is 14.0. The summed E-state index contributed by atoms with van der Waals surface area (Å²) in [6, 6.07) is 17.8. The summed E-state index contributed by atoms with van der Waals surface area (Å²) in [7, 11) is 1.80. The molecule has 3 rings (SSSR count). The number of benzene rings is 2. The molecule has 1 aliphatic rings. The molecule has 21 heavy (non-hydrogen) atoms. The van der Waals surface area contributed by atoms with E-state index in [9.17, 15) is 4.79 Å². The lowest BCUT2D eigenvalue weighted by atomic mass is 10.1. The zero-order chi connectivity index (χ0) is 14.8. The standard InChI is InChI=1S/C18H14BrNO/c1-20-17-10-6-5-9-15(17)16(18(20)21)12-14(19)11-13-7-3-2-4-8-13/h2-12H,1H3/b14-11-,16-12?. The van der Waals surface area contributed by atoms with Crippen molar-refractivity contribution in [2.24, 2.45) is 0 Å². The fraction of sp³-hybridized carbons (Fsp3) is 0.0556. The van der Waals surface area contributed by atoms with Crippen LogP contribution in [0.3, 0.4) is 0 Å². The van der Waals surface area contributed by atoms with Crippen LogP contribution in [0.25, 0.3) is 11.6 Å². The first-order chi connectivity index (χ1) is 10.2. The van der Waals surface area contributed by atoms with Gasteiger partial charge in [-0.2, -0.15) is 0 Å². The monoisotopic (exact) mass is 339 g/mol. The second kappa shape index (κ2) is 5.70. The van der Waals surface area contributed by atoms with Gasteiger partial charge in [-0.05, 0) is 23.8 Å². The Hall–Kier alpha value is -2.13. The first-order valence-corrected chi connectivity index (χ1v) is 7.47. The third-order valence-electron chi connectivity index (χ3n) is 3.48. The Kier molecular flexibility index (Phi) is 3.76. The Morgan fingerprint density at radius 2 is 1.71 bits per heavy atom. The van der Waals surface area contributed by atoms with Crippen LogP contribution in [0.1, 0.15) is 11.1 Å². The van der Waals surface area contributed by atoms with Crippen LogP contribution in [0.15, 0.2) is 65.2 Å². The van der Waals surface area contributed by atoms with Gasteiger partial charge in [0, 0.05) is 17.1 Å². The fourth-order valence-electron chi connectivity index (χ4n) is 2.43. The maximum atomic E-state index is 12.4. The molecule has 0 N–H and O–H groups in total. The van der Waals surface area contributed by atoms with Crippen LogP contribution in [0.5, 0.6) is 0 Å². The highest BCUT2D eigenvalue weighted by Gasteiger charge is 2.28. The lowest BCUT2D eigenvalue weighted by molar-refractivity contribution is -0.112. The molecule has 0 fully saturated rings. The molecule has 0 aliphatic carbocycles. The highest BCUT2D eigenvalue weighted by Crippen LogP contribution is 2.36. The van der Waals surface area contributed by atoms with Crippen LogP contribution < -0.4 is 4.90 Å². The van der Waals surface area contributed by atoms with Crippen LogP contribution in [0.4, 0.5) is 5.69 Å². The van der Waals surface area contributed by atoms with Gasteiger partial charge >= 0.3 is 0 Å². The van der Waals surface area contributed by atoms with Crippen LogP contribution in [-0.4, -0.2) is 13.0 Å². The molecule has 0 atom stereocenters. The predicted octanol–water partition coefficient (Wildman–Crippen LogP) is 4.48. The molecule has 0 unspecified atom stereocenters. The van der Waals surface area contributed by atoms with Gasteiger partial charge in [0.05, 0.1) is 11.3 Å². The highest BCUT2D eigenvalue weighted by atomic mass is 79.9. The van der Waals surface area contributed by atoms with E-state index in [4.69, 9.17) is 0 Å². The molecule has 0 saturated carbocycles. The third kappa shape index (κ3) is 2.69. The summed E-state index contributed by atoms with van der Waals surface area (Å²) < 4.78 is 0.877. The smallest absolute Gasteiger partial charge is 0.258 e. The quantitative estimate of drug-likeness (QED) is 0.738. The molecule has 2 aromatic rings. The number of allylic oxidation sites excluding steroid dienone is 2. The van der Waals surface area contributed by atoms with Gasteiger partial charge < -0.3 is 4.90 Å². The van der Waals surface area contributed by atoms with Gasteiger partial charge in [0.1, 0.15) is 0 Å². The second-order valence-electron chi connectivity index (χ2n) is 4.88. The largest absolute Gasteiger partial charge is 0.311 e. The molecule has 2 aromatic carbocycles. The first-order valence-electron chi connectivity index (χ1n) is 6.68. The van der Waals surface area contributed by atoms with Gasteiger partial charge in [-0.15, -0.1) is 0 Å². The molecular formula is C18H14BrNO. The number of carbonyl (C=O) groups excluding carboxylic acids is 1. The highest BCUT2D eigenvalue weighted by molar-refractivity contribution is 9.12. The Morgan fingerprint density at radius 1 is 1.05 bits per heavy atom. The second-order valence-corrected chi connectivity index (χ2v) is 5.79. The number of anilines is 1. The van der Waals surface area contributed by atoms with Crippen LogP contribution in [-0.2, 0) is 4.79 Å². The van der Waals surface area contributed by atoms with Crippen molar-refractivity contribution in [3.05, 3.63) is 76.3 Å². The average molecular weight is 340 g/mol. The summed E-state index contributed by atoms with van der Waals surface area (Å²) in [6.45, 7) is 0. The minimum absolute atomic E-state index is 0.0228. The number of fused-ring (bicyclic) bond motifs is 1. The number of para-hydroxylation sites is 1.